The Morgan fingerprint density at radius 1 is 1.26 bits per heavy atom. The van der Waals surface area contributed by atoms with E-state index in [9.17, 15) is 0 Å². The molecular weight excluding hydrogens is 262 g/mol. The molecule has 0 spiro atoms. The van der Waals surface area contributed by atoms with Crippen molar-refractivity contribution in [2.45, 2.75) is 31.7 Å². The predicted molar refractivity (Wildman–Crippen MR) is 74.6 cm³/mol. The number of nitrogens with zero attached hydrogens (tertiary/aromatic N) is 2. The Morgan fingerprint density at radius 3 is 2.95 bits per heavy atom. The quantitative estimate of drug-likeness (QED) is 0.873. The Morgan fingerprint density at radius 2 is 2.11 bits per heavy atom. The van der Waals surface area contributed by atoms with Gasteiger partial charge in [0.05, 0.1) is 0 Å². The molecule has 5 heteroatoms. The van der Waals surface area contributed by atoms with Crippen LogP contribution in [0.5, 0.6) is 0 Å². The van der Waals surface area contributed by atoms with Gasteiger partial charge in [0, 0.05) is 18.3 Å². The smallest absolute Gasteiger partial charge is 0.315 e. The first-order valence-electron chi connectivity index (χ1n) is 6.57. The molecule has 19 heavy (non-hydrogen) atoms. The number of aromatic nitrogens is 2. The van der Waals surface area contributed by atoms with Gasteiger partial charge in [0.15, 0.2) is 0 Å². The Bertz CT molecular complexity index is 555. The summed E-state index contributed by atoms with van der Waals surface area (Å²) in [5.41, 5.74) is 2.86. The maximum atomic E-state index is 5.65. The highest BCUT2D eigenvalue weighted by atomic mass is 35.5. The molecule has 1 atom stereocenters. The SMILES string of the molecule is ClCCc1nnc(NC2CCc3ccccc3C2)o1. The van der Waals surface area contributed by atoms with E-state index in [0.29, 0.717) is 30.2 Å². The first kappa shape index (κ1) is 12.5. The molecule has 1 aromatic heterocycles. The number of hydrogen-bond donors (Lipinski definition) is 1. The van der Waals surface area contributed by atoms with Crippen LogP contribution in [0.25, 0.3) is 0 Å². The van der Waals surface area contributed by atoms with E-state index in [-0.39, 0.29) is 0 Å². The molecule has 1 aromatic carbocycles. The summed E-state index contributed by atoms with van der Waals surface area (Å²) in [4.78, 5) is 0. The lowest BCUT2D eigenvalue weighted by molar-refractivity contribution is 0.496. The Labute approximate surface area is 117 Å². The molecule has 1 aliphatic rings. The maximum Gasteiger partial charge on any atom is 0.315 e. The van der Waals surface area contributed by atoms with Crippen molar-refractivity contribution >= 4 is 17.6 Å². The molecule has 0 amide bonds. The van der Waals surface area contributed by atoms with Crippen molar-refractivity contribution in [1.29, 1.82) is 0 Å². The van der Waals surface area contributed by atoms with Crippen molar-refractivity contribution in [1.82, 2.24) is 10.2 Å². The van der Waals surface area contributed by atoms with Gasteiger partial charge in [-0.3, -0.25) is 0 Å². The summed E-state index contributed by atoms with van der Waals surface area (Å²) in [5.74, 6) is 1.09. The molecule has 0 radical (unpaired) electrons. The van der Waals surface area contributed by atoms with E-state index < -0.39 is 0 Å². The normalized spacial score (nSPS) is 18.1. The van der Waals surface area contributed by atoms with Gasteiger partial charge in [-0.2, -0.15) is 0 Å². The van der Waals surface area contributed by atoms with E-state index in [1.807, 2.05) is 0 Å². The number of fused-ring (bicyclic) bond motifs is 1. The lowest BCUT2D eigenvalue weighted by Crippen LogP contribution is -2.27. The zero-order valence-corrected chi connectivity index (χ0v) is 11.4. The van der Waals surface area contributed by atoms with E-state index in [0.717, 1.165) is 19.3 Å². The van der Waals surface area contributed by atoms with E-state index in [2.05, 4.69) is 39.8 Å². The lowest BCUT2D eigenvalue weighted by Gasteiger charge is -2.24. The second-order valence-corrected chi connectivity index (χ2v) is 5.17. The van der Waals surface area contributed by atoms with Gasteiger partial charge >= 0.3 is 6.01 Å². The highest BCUT2D eigenvalue weighted by molar-refractivity contribution is 6.17. The number of halogens is 1. The van der Waals surface area contributed by atoms with E-state index in [1.54, 1.807) is 0 Å². The van der Waals surface area contributed by atoms with Crippen molar-refractivity contribution < 1.29 is 4.42 Å². The molecule has 0 saturated carbocycles. The van der Waals surface area contributed by atoms with Crippen LogP contribution in [-0.2, 0) is 19.3 Å². The summed E-state index contributed by atoms with van der Waals surface area (Å²) in [7, 11) is 0. The summed E-state index contributed by atoms with van der Waals surface area (Å²) in [6, 6.07) is 9.45. The number of aryl methyl sites for hydroxylation is 2. The molecule has 2 aromatic rings. The lowest BCUT2D eigenvalue weighted by atomic mass is 9.88. The average molecular weight is 278 g/mol. The molecule has 3 rings (SSSR count). The summed E-state index contributed by atoms with van der Waals surface area (Å²) in [6.45, 7) is 0. The van der Waals surface area contributed by atoms with E-state index in [1.165, 1.54) is 11.1 Å². The fourth-order valence-electron chi connectivity index (χ4n) is 2.49. The summed E-state index contributed by atoms with van der Waals surface area (Å²) < 4.78 is 5.50. The monoisotopic (exact) mass is 277 g/mol. The van der Waals surface area contributed by atoms with Gasteiger partial charge in [-0.05, 0) is 30.4 Å². The summed E-state index contributed by atoms with van der Waals surface area (Å²) in [5, 5.41) is 11.3. The minimum Gasteiger partial charge on any atom is -0.408 e. The van der Waals surface area contributed by atoms with Crippen LogP contribution in [0.3, 0.4) is 0 Å². The van der Waals surface area contributed by atoms with Crippen molar-refractivity contribution in [2.24, 2.45) is 0 Å². The van der Waals surface area contributed by atoms with Crippen LogP contribution in [0.4, 0.5) is 6.01 Å². The standard InChI is InChI=1S/C14H16ClN3O/c15-8-7-13-17-18-14(19-13)16-12-6-5-10-3-1-2-4-11(10)9-12/h1-4,12H,5-9H2,(H,16,18). The fraction of sp³-hybridized carbons (Fsp3) is 0.429. The fourth-order valence-corrected chi connectivity index (χ4v) is 2.65. The number of nitrogens with one attached hydrogen (secondary N) is 1. The van der Waals surface area contributed by atoms with Gasteiger partial charge in [0.25, 0.3) is 0 Å². The van der Waals surface area contributed by atoms with Gasteiger partial charge in [-0.25, -0.2) is 0 Å². The van der Waals surface area contributed by atoms with Gasteiger partial charge < -0.3 is 9.73 Å². The van der Waals surface area contributed by atoms with E-state index in [4.69, 9.17) is 16.0 Å². The second kappa shape index (κ2) is 5.61. The second-order valence-electron chi connectivity index (χ2n) is 4.79. The molecule has 0 fully saturated rings. The number of rotatable bonds is 4. The number of hydrogen-bond acceptors (Lipinski definition) is 4. The highest BCUT2D eigenvalue weighted by Gasteiger charge is 2.19. The van der Waals surface area contributed by atoms with E-state index >= 15 is 0 Å². The zero-order chi connectivity index (χ0) is 13.1. The van der Waals surface area contributed by atoms with Crippen molar-refractivity contribution in [2.75, 3.05) is 11.2 Å². The molecule has 4 nitrogen and oxygen atoms in total. The van der Waals surface area contributed by atoms with Crippen molar-refractivity contribution in [3.8, 4) is 0 Å². The number of alkyl halides is 1. The van der Waals surface area contributed by atoms with Crippen LogP contribution in [0, 0.1) is 0 Å². The van der Waals surface area contributed by atoms with Gasteiger partial charge in [0.2, 0.25) is 5.89 Å². The first-order chi connectivity index (χ1) is 9.35. The van der Waals surface area contributed by atoms with Crippen LogP contribution in [-0.4, -0.2) is 22.1 Å². The molecular formula is C14H16ClN3O. The summed E-state index contributed by atoms with van der Waals surface area (Å²) >= 11 is 5.65. The summed E-state index contributed by atoms with van der Waals surface area (Å²) in [6.07, 6.45) is 3.80. The van der Waals surface area contributed by atoms with Crippen LogP contribution in [0.1, 0.15) is 23.4 Å². The molecule has 1 heterocycles. The topological polar surface area (TPSA) is 51.0 Å². The van der Waals surface area contributed by atoms with Crippen molar-refractivity contribution in [3.05, 3.63) is 41.3 Å². The molecule has 1 aliphatic carbocycles. The van der Waals surface area contributed by atoms with Gasteiger partial charge in [0.1, 0.15) is 0 Å². The molecule has 0 aliphatic heterocycles. The predicted octanol–water partition coefficient (Wildman–Crippen LogP) is 2.82. The highest BCUT2D eigenvalue weighted by Crippen LogP contribution is 2.23. The Kier molecular flexibility index (Phi) is 3.69. The third-order valence-electron chi connectivity index (χ3n) is 3.45. The third kappa shape index (κ3) is 2.89. The van der Waals surface area contributed by atoms with Crippen LogP contribution >= 0.6 is 11.6 Å². The number of anilines is 1. The average Bonchev–Trinajstić information content (AvgIpc) is 2.86. The molecule has 1 N–H and O–H groups in total. The van der Waals surface area contributed by atoms with Crippen LogP contribution in [0.2, 0.25) is 0 Å². The number of benzene rings is 1. The van der Waals surface area contributed by atoms with Gasteiger partial charge in [-0.15, -0.1) is 16.7 Å². The van der Waals surface area contributed by atoms with Crippen LogP contribution < -0.4 is 5.32 Å². The first-order valence-corrected chi connectivity index (χ1v) is 7.10. The minimum absolute atomic E-state index is 0.360. The maximum absolute atomic E-state index is 5.65. The third-order valence-corrected chi connectivity index (χ3v) is 3.64. The van der Waals surface area contributed by atoms with Gasteiger partial charge in [-0.1, -0.05) is 29.4 Å². The Hall–Kier alpha value is -1.55. The molecule has 0 saturated heterocycles. The molecule has 1 unspecified atom stereocenters. The Balaban J connectivity index is 1.65. The molecule has 100 valence electrons. The zero-order valence-electron chi connectivity index (χ0n) is 10.6. The minimum atomic E-state index is 0.360. The van der Waals surface area contributed by atoms with Crippen molar-refractivity contribution in [3.63, 3.8) is 0 Å². The largest absolute Gasteiger partial charge is 0.408 e. The molecule has 0 bridgehead atoms. The van der Waals surface area contributed by atoms with Crippen LogP contribution in [0.15, 0.2) is 28.7 Å².